The zero-order chi connectivity index (χ0) is 7.73. The van der Waals surface area contributed by atoms with Gasteiger partial charge < -0.3 is 5.32 Å². The van der Waals surface area contributed by atoms with Gasteiger partial charge in [-0.15, -0.1) is 0 Å². The first-order valence-electron chi connectivity index (χ1n) is 4.49. The van der Waals surface area contributed by atoms with E-state index in [9.17, 15) is 0 Å². The maximum Gasteiger partial charge on any atom is 0.0738 e. The van der Waals surface area contributed by atoms with Gasteiger partial charge in [-0.3, -0.25) is 0 Å². The number of nitrogens with one attached hydrogen (secondary N) is 1. The molecule has 2 aliphatic rings. The second kappa shape index (κ2) is 2.49. The van der Waals surface area contributed by atoms with Crippen molar-refractivity contribution in [3.8, 4) is 6.07 Å². The third-order valence-corrected chi connectivity index (χ3v) is 3.26. The smallest absolute Gasteiger partial charge is 0.0738 e. The molecule has 1 saturated carbocycles. The molecule has 0 spiro atoms. The van der Waals surface area contributed by atoms with Crippen molar-refractivity contribution < 1.29 is 0 Å². The first-order chi connectivity index (χ1) is 5.37. The van der Waals surface area contributed by atoms with Crippen LogP contribution in [0.3, 0.4) is 0 Å². The van der Waals surface area contributed by atoms with Gasteiger partial charge in [0.05, 0.1) is 11.5 Å². The van der Waals surface area contributed by atoms with E-state index in [-0.39, 0.29) is 5.41 Å². The number of hydrogen-bond acceptors (Lipinski definition) is 2. The van der Waals surface area contributed by atoms with E-state index in [1.807, 2.05) is 0 Å². The number of nitriles is 1. The van der Waals surface area contributed by atoms with Crippen molar-refractivity contribution in [3.05, 3.63) is 0 Å². The molecule has 60 valence electrons. The van der Waals surface area contributed by atoms with Gasteiger partial charge >= 0.3 is 0 Å². The van der Waals surface area contributed by atoms with E-state index in [4.69, 9.17) is 5.26 Å². The second-order valence-electron chi connectivity index (χ2n) is 3.84. The van der Waals surface area contributed by atoms with Crippen molar-refractivity contribution >= 4 is 0 Å². The molecular weight excluding hydrogens is 136 g/mol. The van der Waals surface area contributed by atoms with Crippen LogP contribution in [-0.2, 0) is 0 Å². The predicted molar refractivity (Wildman–Crippen MR) is 42.9 cm³/mol. The highest BCUT2D eigenvalue weighted by Gasteiger charge is 2.44. The molecule has 1 heterocycles. The largest absolute Gasteiger partial charge is 0.315 e. The molecule has 1 aliphatic carbocycles. The molecule has 0 radical (unpaired) electrons. The summed E-state index contributed by atoms with van der Waals surface area (Å²) in [6.07, 6.45) is 4.98. The van der Waals surface area contributed by atoms with Crippen LogP contribution in [-0.4, -0.2) is 13.1 Å². The minimum Gasteiger partial charge on any atom is -0.315 e. The predicted octanol–water partition coefficient (Wildman–Crippen LogP) is 1.29. The SMILES string of the molecule is N#C[C@]12CCCC[C@@H]1CNC2. The highest BCUT2D eigenvalue weighted by Crippen LogP contribution is 2.42. The summed E-state index contributed by atoms with van der Waals surface area (Å²) in [5.41, 5.74) is 0.0260. The number of fused-ring (bicyclic) bond motifs is 1. The fourth-order valence-electron chi connectivity index (χ4n) is 2.50. The summed E-state index contributed by atoms with van der Waals surface area (Å²) < 4.78 is 0. The molecule has 0 amide bonds. The van der Waals surface area contributed by atoms with Crippen molar-refractivity contribution in [1.82, 2.24) is 5.32 Å². The van der Waals surface area contributed by atoms with Gasteiger partial charge in [-0.2, -0.15) is 5.26 Å². The standard InChI is InChI=1S/C9H14N2/c10-6-9-4-2-1-3-8(9)5-11-7-9/h8,11H,1-5,7H2/t8-,9+/m1/s1. The minimum absolute atomic E-state index is 0.0260. The first kappa shape index (κ1) is 7.12. The molecule has 1 N–H and O–H groups in total. The summed E-state index contributed by atoms with van der Waals surface area (Å²) in [7, 11) is 0. The molecule has 0 aromatic carbocycles. The highest BCUT2D eigenvalue weighted by molar-refractivity contribution is 5.10. The molecule has 0 aromatic heterocycles. The fourth-order valence-corrected chi connectivity index (χ4v) is 2.50. The first-order valence-corrected chi connectivity index (χ1v) is 4.49. The second-order valence-corrected chi connectivity index (χ2v) is 3.84. The van der Waals surface area contributed by atoms with Crippen molar-refractivity contribution in [1.29, 1.82) is 5.26 Å². The summed E-state index contributed by atoms with van der Waals surface area (Å²) in [4.78, 5) is 0. The van der Waals surface area contributed by atoms with Crippen LogP contribution in [0.1, 0.15) is 25.7 Å². The summed E-state index contributed by atoms with van der Waals surface area (Å²) >= 11 is 0. The van der Waals surface area contributed by atoms with Crippen molar-refractivity contribution in [3.63, 3.8) is 0 Å². The molecule has 0 aromatic rings. The lowest BCUT2D eigenvalue weighted by molar-refractivity contribution is 0.220. The number of hydrogen-bond donors (Lipinski definition) is 1. The van der Waals surface area contributed by atoms with Gasteiger partial charge in [0.1, 0.15) is 0 Å². The molecule has 1 aliphatic heterocycles. The van der Waals surface area contributed by atoms with Crippen molar-refractivity contribution in [2.24, 2.45) is 11.3 Å². The average molecular weight is 150 g/mol. The Labute approximate surface area is 67.6 Å². The van der Waals surface area contributed by atoms with Crippen molar-refractivity contribution in [2.75, 3.05) is 13.1 Å². The van der Waals surface area contributed by atoms with E-state index in [2.05, 4.69) is 11.4 Å². The summed E-state index contributed by atoms with van der Waals surface area (Å²) in [5.74, 6) is 0.654. The van der Waals surface area contributed by atoms with Gasteiger partial charge in [0.15, 0.2) is 0 Å². The van der Waals surface area contributed by atoms with E-state index in [1.54, 1.807) is 0 Å². The van der Waals surface area contributed by atoms with Crippen molar-refractivity contribution in [2.45, 2.75) is 25.7 Å². The molecule has 0 bridgehead atoms. The van der Waals surface area contributed by atoms with Gasteiger partial charge in [0.25, 0.3) is 0 Å². The summed E-state index contributed by atoms with van der Waals surface area (Å²) in [6, 6.07) is 2.52. The molecule has 2 heteroatoms. The van der Waals surface area contributed by atoms with Crippen LogP contribution in [0.25, 0.3) is 0 Å². The lowest BCUT2D eigenvalue weighted by atomic mass is 9.69. The zero-order valence-electron chi connectivity index (χ0n) is 6.77. The Hall–Kier alpha value is -0.550. The van der Waals surface area contributed by atoms with Gasteiger partial charge in [0, 0.05) is 6.54 Å². The Kier molecular flexibility index (Phi) is 1.61. The summed E-state index contributed by atoms with van der Waals surface area (Å²) in [6.45, 7) is 2.02. The molecular formula is C9H14N2. The van der Waals surface area contributed by atoms with Gasteiger partial charge in [-0.25, -0.2) is 0 Å². The Morgan fingerprint density at radius 1 is 1.45 bits per heavy atom. The number of nitrogens with zero attached hydrogens (tertiary/aromatic N) is 1. The maximum absolute atomic E-state index is 9.06. The molecule has 2 nitrogen and oxygen atoms in total. The van der Waals surface area contributed by atoms with Gasteiger partial charge in [-0.05, 0) is 25.3 Å². The van der Waals surface area contributed by atoms with E-state index in [1.165, 1.54) is 19.3 Å². The zero-order valence-corrected chi connectivity index (χ0v) is 6.77. The Morgan fingerprint density at radius 3 is 3.09 bits per heavy atom. The molecule has 2 fully saturated rings. The van der Waals surface area contributed by atoms with E-state index in [0.29, 0.717) is 5.92 Å². The molecule has 2 rings (SSSR count). The van der Waals surface area contributed by atoms with E-state index in [0.717, 1.165) is 19.5 Å². The lowest BCUT2D eigenvalue weighted by Crippen LogP contribution is -2.31. The quantitative estimate of drug-likeness (QED) is 0.564. The molecule has 2 atom stereocenters. The van der Waals surface area contributed by atoms with Gasteiger partial charge in [0.2, 0.25) is 0 Å². The minimum atomic E-state index is 0.0260. The van der Waals surface area contributed by atoms with Crippen LogP contribution in [0.4, 0.5) is 0 Å². The Balaban J connectivity index is 2.20. The van der Waals surface area contributed by atoms with Crippen LogP contribution in [0.15, 0.2) is 0 Å². The van der Waals surface area contributed by atoms with E-state index >= 15 is 0 Å². The number of rotatable bonds is 0. The van der Waals surface area contributed by atoms with Crippen LogP contribution < -0.4 is 5.32 Å². The maximum atomic E-state index is 9.06. The fraction of sp³-hybridized carbons (Fsp3) is 0.889. The highest BCUT2D eigenvalue weighted by atomic mass is 14.9. The Bertz CT molecular complexity index is 194. The third-order valence-electron chi connectivity index (χ3n) is 3.26. The average Bonchev–Trinajstić information content (AvgIpc) is 2.48. The Morgan fingerprint density at radius 2 is 2.36 bits per heavy atom. The molecule has 0 unspecified atom stereocenters. The topological polar surface area (TPSA) is 35.8 Å². The van der Waals surface area contributed by atoms with Gasteiger partial charge in [-0.1, -0.05) is 12.8 Å². The lowest BCUT2D eigenvalue weighted by Gasteiger charge is -2.31. The van der Waals surface area contributed by atoms with Crippen LogP contribution >= 0.6 is 0 Å². The van der Waals surface area contributed by atoms with Crippen LogP contribution in [0, 0.1) is 22.7 Å². The monoisotopic (exact) mass is 150 g/mol. The van der Waals surface area contributed by atoms with Crippen LogP contribution in [0.5, 0.6) is 0 Å². The molecule has 11 heavy (non-hydrogen) atoms. The van der Waals surface area contributed by atoms with Crippen LogP contribution in [0.2, 0.25) is 0 Å². The molecule has 1 saturated heterocycles. The normalized spacial score (nSPS) is 43.0. The third kappa shape index (κ3) is 0.954. The summed E-state index contributed by atoms with van der Waals surface area (Å²) in [5, 5.41) is 12.4. The van der Waals surface area contributed by atoms with E-state index < -0.39 is 0 Å².